The minimum absolute atomic E-state index is 0.391. The molecule has 1 unspecified atom stereocenters. The molecule has 16 heavy (non-hydrogen) atoms. The van der Waals surface area contributed by atoms with Crippen molar-refractivity contribution in [1.29, 1.82) is 0 Å². The number of oxime groups is 1. The highest BCUT2D eigenvalue weighted by Gasteiger charge is 2.22. The van der Waals surface area contributed by atoms with Gasteiger partial charge in [-0.25, -0.2) is 4.79 Å². The lowest BCUT2D eigenvalue weighted by Crippen LogP contribution is -2.32. The molecule has 1 aromatic rings. The maximum absolute atomic E-state index is 10.8. The van der Waals surface area contributed by atoms with Crippen molar-refractivity contribution < 1.29 is 9.63 Å². The summed E-state index contributed by atoms with van der Waals surface area (Å²) in [5.74, 6) is 0. The summed E-state index contributed by atoms with van der Waals surface area (Å²) in [7, 11) is 1.48. The van der Waals surface area contributed by atoms with Crippen LogP contribution < -0.4 is 5.32 Å². The smallest absolute Gasteiger partial charge is 0.323 e. The molecule has 6 nitrogen and oxygen atoms in total. The molecule has 0 saturated heterocycles. The minimum Gasteiger partial charge on any atom is -0.323 e. The third-order valence-corrected chi connectivity index (χ3v) is 2.41. The predicted molar refractivity (Wildman–Crippen MR) is 60.2 cm³/mol. The van der Waals surface area contributed by atoms with E-state index in [0.717, 1.165) is 6.42 Å². The van der Waals surface area contributed by atoms with Crippen molar-refractivity contribution in [1.82, 2.24) is 15.1 Å². The zero-order valence-corrected chi connectivity index (χ0v) is 9.67. The highest BCUT2D eigenvalue weighted by atomic mass is 16.7. The fourth-order valence-corrected chi connectivity index (χ4v) is 1.12. The Morgan fingerprint density at radius 1 is 1.75 bits per heavy atom. The predicted octanol–water partition coefficient (Wildman–Crippen LogP) is 1.35. The summed E-state index contributed by atoms with van der Waals surface area (Å²) in [5, 5.41) is 10.1. The van der Waals surface area contributed by atoms with Gasteiger partial charge in [-0.15, -0.1) is 0 Å². The topological polar surface area (TPSA) is 68.5 Å². The van der Waals surface area contributed by atoms with E-state index in [4.69, 9.17) is 0 Å². The quantitative estimate of drug-likeness (QED) is 0.477. The molecule has 1 atom stereocenters. The third-order valence-electron chi connectivity index (χ3n) is 2.41. The van der Waals surface area contributed by atoms with Gasteiger partial charge >= 0.3 is 6.09 Å². The van der Waals surface area contributed by atoms with Crippen molar-refractivity contribution in [2.24, 2.45) is 5.16 Å². The van der Waals surface area contributed by atoms with E-state index in [1.165, 1.54) is 7.05 Å². The Hall–Kier alpha value is -1.85. The van der Waals surface area contributed by atoms with Crippen LogP contribution in [0.3, 0.4) is 0 Å². The van der Waals surface area contributed by atoms with E-state index in [2.05, 4.69) is 20.4 Å². The van der Waals surface area contributed by atoms with E-state index in [1.54, 1.807) is 17.1 Å². The molecule has 1 rings (SSSR count). The molecule has 0 bridgehead atoms. The van der Waals surface area contributed by atoms with Gasteiger partial charge in [-0.1, -0.05) is 12.1 Å². The number of nitrogens with zero attached hydrogens (tertiary/aromatic N) is 3. The van der Waals surface area contributed by atoms with Gasteiger partial charge in [0, 0.05) is 19.4 Å². The van der Waals surface area contributed by atoms with Gasteiger partial charge < -0.3 is 5.32 Å². The number of amides is 1. The Morgan fingerprint density at radius 3 is 3.00 bits per heavy atom. The maximum atomic E-state index is 10.8. The van der Waals surface area contributed by atoms with E-state index in [1.807, 2.05) is 26.1 Å². The van der Waals surface area contributed by atoms with Crippen molar-refractivity contribution in [3.63, 3.8) is 0 Å². The van der Waals surface area contributed by atoms with Gasteiger partial charge in [0.25, 0.3) is 0 Å². The fourth-order valence-electron chi connectivity index (χ4n) is 1.12. The summed E-state index contributed by atoms with van der Waals surface area (Å²) in [6, 6.07) is 1.83. The highest BCUT2D eigenvalue weighted by molar-refractivity contribution is 5.70. The zero-order valence-electron chi connectivity index (χ0n) is 9.67. The van der Waals surface area contributed by atoms with Crippen LogP contribution in [0.4, 0.5) is 4.79 Å². The number of hydrogen-bond donors (Lipinski definition) is 1. The summed E-state index contributed by atoms with van der Waals surface area (Å²) in [6.45, 7) is 3.96. The Kier molecular flexibility index (Phi) is 4.04. The van der Waals surface area contributed by atoms with Crippen LogP contribution in [0.2, 0.25) is 0 Å². The average molecular weight is 224 g/mol. The Labute approximate surface area is 94.3 Å². The zero-order chi connectivity index (χ0) is 12.0. The SMILES string of the molecule is CCC(C)(C=NOC(=O)NC)n1cccn1. The van der Waals surface area contributed by atoms with Gasteiger partial charge in [0.2, 0.25) is 0 Å². The number of aromatic nitrogens is 2. The second-order valence-electron chi connectivity index (χ2n) is 3.52. The minimum atomic E-state index is -0.588. The average Bonchev–Trinajstić information content (AvgIpc) is 2.82. The Morgan fingerprint density at radius 2 is 2.50 bits per heavy atom. The Balaban J connectivity index is 2.71. The lowest BCUT2D eigenvalue weighted by atomic mass is 10.0. The molecule has 1 heterocycles. The van der Waals surface area contributed by atoms with Crippen molar-refractivity contribution >= 4 is 12.3 Å². The molecule has 0 aliphatic heterocycles. The van der Waals surface area contributed by atoms with Gasteiger partial charge in [-0.05, 0) is 19.4 Å². The number of nitrogens with one attached hydrogen (secondary N) is 1. The molecule has 0 saturated carbocycles. The summed E-state index contributed by atoms with van der Waals surface area (Å²) >= 11 is 0. The van der Waals surface area contributed by atoms with E-state index < -0.39 is 11.6 Å². The van der Waals surface area contributed by atoms with Gasteiger partial charge in [0.05, 0.1) is 11.8 Å². The lowest BCUT2D eigenvalue weighted by molar-refractivity contribution is 0.152. The second kappa shape index (κ2) is 5.29. The molecule has 1 N–H and O–H groups in total. The van der Waals surface area contributed by atoms with Crippen molar-refractivity contribution in [2.45, 2.75) is 25.8 Å². The normalized spacial score (nSPS) is 14.7. The molecule has 0 aromatic carbocycles. The van der Waals surface area contributed by atoms with Crippen LogP contribution in [0.15, 0.2) is 23.6 Å². The molecule has 88 valence electrons. The maximum Gasteiger partial charge on any atom is 0.433 e. The molecule has 0 fully saturated rings. The molecular formula is C10H16N4O2. The van der Waals surface area contributed by atoms with E-state index in [0.29, 0.717) is 0 Å². The first-order valence-corrected chi connectivity index (χ1v) is 5.06. The van der Waals surface area contributed by atoms with Gasteiger partial charge in [0.15, 0.2) is 0 Å². The van der Waals surface area contributed by atoms with E-state index in [9.17, 15) is 4.79 Å². The first-order chi connectivity index (χ1) is 7.62. The molecule has 0 spiro atoms. The van der Waals surface area contributed by atoms with Gasteiger partial charge in [-0.3, -0.25) is 9.52 Å². The fraction of sp³-hybridized carbons (Fsp3) is 0.500. The second-order valence-corrected chi connectivity index (χ2v) is 3.52. The molecular weight excluding hydrogens is 208 g/mol. The standard InChI is InChI=1S/C10H16N4O2/c1-4-10(2,14-7-5-6-12-14)8-13-16-9(15)11-3/h5-8H,4H2,1-3H3,(H,11,15). The molecule has 0 radical (unpaired) electrons. The van der Waals surface area contributed by atoms with Crippen molar-refractivity contribution in [3.05, 3.63) is 18.5 Å². The molecule has 0 aliphatic carbocycles. The summed E-state index contributed by atoms with van der Waals surface area (Å²) in [5.41, 5.74) is -0.391. The number of carbonyl (C=O) groups is 1. The van der Waals surface area contributed by atoms with Crippen LogP contribution in [0.1, 0.15) is 20.3 Å². The first-order valence-electron chi connectivity index (χ1n) is 5.06. The van der Waals surface area contributed by atoms with Crippen molar-refractivity contribution in [2.75, 3.05) is 7.05 Å². The summed E-state index contributed by atoms with van der Waals surface area (Å²) in [6.07, 6.45) is 5.30. The highest BCUT2D eigenvalue weighted by Crippen LogP contribution is 2.16. The van der Waals surface area contributed by atoms with Crippen LogP contribution in [0.5, 0.6) is 0 Å². The van der Waals surface area contributed by atoms with Crippen molar-refractivity contribution in [3.8, 4) is 0 Å². The van der Waals surface area contributed by atoms with Gasteiger partial charge in [-0.2, -0.15) is 5.10 Å². The number of rotatable bonds is 4. The monoisotopic (exact) mass is 224 g/mol. The van der Waals surface area contributed by atoms with Crippen LogP contribution in [-0.4, -0.2) is 29.1 Å². The van der Waals surface area contributed by atoms with Crippen LogP contribution in [0.25, 0.3) is 0 Å². The third kappa shape index (κ3) is 2.82. The number of carbonyl (C=O) groups excluding carboxylic acids is 1. The van der Waals surface area contributed by atoms with Crippen LogP contribution in [-0.2, 0) is 10.4 Å². The van der Waals surface area contributed by atoms with Crippen LogP contribution in [0, 0.1) is 0 Å². The van der Waals surface area contributed by atoms with E-state index >= 15 is 0 Å². The molecule has 0 aliphatic rings. The first kappa shape index (κ1) is 12.2. The summed E-state index contributed by atoms with van der Waals surface area (Å²) in [4.78, 5) is 15.4. The molecule has 1 aromatic heterocycles. The Bertz CT molecular complexity index is 361. The van der Waals surface area contributed by atoms with Gasteiger partial charge in [0.1, 0.15) is 0 Å². The van der Waals surface area contributed by atoms with E-state index in [-0.39, 0.29) is 0 Å². The summed E-state index contributed by atoms with van der Waals surface area (Å²) < 4.78 is 1.77. The number of hydrogen-bond acceptors (Lipinski definition) is 4. The molecule has 1 amide bonds. The largest absolute Gasteiger partial charge is 0.433 e. The molecule has 6 heteroatoms. The lowest BCUT2D eigenvalue weighted by Gasteiger charge is -2.23. The van der Waals surface area contributed by atoms with Crippen LogP contribution >= 0.6 is 0 Å².